The summed E-state index contributed by atoms with van der Waals surface area (Å²) in [5.41, 5.74) is 0. The van der Waals surface area contributed by atoms with Gasteiger partial charge in [0.15, 0.2) is 0 Å². The molecular formula is C13H24O. The van der Waals surface area contributed by atoms with E-state index in [9.17, 15) is 0 Å². The van der Waals surface area contributed by atoms with Crippen LogP contribution in [0.25, 0.3) is 0 Å². The Hall–Kier alpha value is -0.0400. The first kappa shape index (κ1) is 10.5. The number of hydrogen-bond acceptors (Lipinski definition) is 1. The molecule has 1 saturated carbocycles. The van der Waals surface area contributed by atoms with Gasteiger partial charge in [0.25, 0.3) is 0 Å². The van der Waals surface area contributed by atoms with Crippen molar-refractivity contribution in [3.63, 3.8) is 0 Å². The van der Waals surface area contributed by atoms with Crippen LogP contribution in [0.5, 0.6) is 0 Å². The minimum Gasteiger partial charge on any atom is -0.370 e. The highest BCUT2D eigenvalue weighted by Gasteiger charge is 2.43. The minimum absolute atomic E-state index is 0.679. The van der Waals surface area contributed by atoms with Gasteiger partial charge in [0, 0.05) is 0 Å². The van der Waals surface area contributed by atoms with Crippen LogP contribution in [0.1, 0.15) is 58.8 Å². The van der Waals surface area contributed by atoms with Crippen molar-refractivity contribution in [3.05, 3.63) is 0 Å². The van der Waals surface area contributed by atoms with E-state index in [4.69, 9.17) is 4.74 Å². The van der Waals surface area contributed by atoms with E-state index in [1.54, 1.807) is 0 Å². The maximum Gasteiger partial charge on any atom is 0.0844 e. The number of epoxide rings is 1. The average Bonchev–Trinajstić information content (AvgIpc) is 2.90. The van der Waals surface area contributed by atoms with Crippen LogP contribution in [-0.2, 0) is 4.74 Å². The van der Waals surface area contributed by atoms with Crippen LogP contribution in [0.2, 0.25) is 0 Å². The molecule has 0 aromatic carbocycles. The summed E-state index contributed by atoms with van der Waals surface area (Å²) in [7, 11) is 0. The molecule has 0 aromatic rings. The molecule has 14 heavy (non-hydrogen) atoms. The molecule has 82 valence electrons. The maximum absolute atomic E-state index is 5.55. The van der Waals surface area contributed by atoms with E-state index >= 15 is 0 Å². The average molecular weight is 196 g/mol. The molecule has 0 spiro atoms. The third-order valence-electron chi connectivity index (χ3n) is 3.76. The normalized spacial score (nSPS) is 35.8. The lowest BCUT2D eigenvalue weighted by atomic mass is 9.85. The fourth-order valence-corrected chi connectivity index (χ4v) is 2.73. The summed E-state index contributed by atoms with van der Waals surface area (Å²) in [4.78, 5) is 0. The van der Waals surface area contributed by atoms with Gasteiger partial charge in [0.1, 0.15) is 0 Å². The molecule has 0 bridgehead atoms. The highest BCUT2D eigenvalue weighted by molar-refractivity contribution is 4.91. The molecule has 1 nitrogen and oxygen atoms in total. The Morgan fingerprint density at radius 3 is 2.71 bits per heavy atom. The monoisotopic (exact) mass is 196 g/mol. The van der Waals surface area contributed by atoms with Crippen LogP contribution in [0.4, 0.5) is 0 Å². The molecule has 0 aromatic heterocycles. The lowest BCUT2D eigenvalue weighted by Gasteiger charge is -2.18. The standard InChI is InChI=1S/C13H24O/c1-10(2)5-3-4-6-11-7-8-12-13(9-11)14-12/h10-13H,3-9H2,1-2H3. The topological polar surface area (TPSA) is 12.5 Å². The van der Waals surface area contributed by atoms with Gasteiger partial charge in [-0.3, -0.25) is 0 Å². The van der Waals surface area contributed by atoms with Gasteiger partial charge < -0.3 is 4.74 Å². The van der Waals surface area contributed by atoms with Crippen molar-refractivity contribution in [2.75, 3.05) is 0 Å². The summed E-state index contributed by atoms with van der Waals surface area (Å²) < 4.78 is 5.55. The highest BCUT2D eigenvalue weighted by Crippen LogP contribution is 2.41. The third-order valence-corrected chi connectivity index (χ3v) is 3.76. The van der Waals surface area contributed by atoms with Crippen molar-refractivity contribution in [2.24, 2.45) is 11.8 Å². The summed E-state index contributed by atoms with van der Waals surface area (Å²) in [5.74, 6) is 1.88. The molecule has 1 heteroatoms. The fourth-order valence-electron chi connectivity index (χ4n) is 2.73. The Morgan fingerprint density at radius 2 is 2.00 bits per heavy atom. The molecule has 0 radical (unpaired) electrons. The minimum atomic E-state index is 0.679. The molecule has 1 saturated heterocycles. The van der Waals surface area contributed by atoms with Crippen LogP contribution in [-0.4, -0.2) is 12.2 Å². The zero-order valence-corrected chi connectivity index (χ0v) is 9.67. The summed E-state index contributed by atoms with van der Waals surface area (Å²) in [5, 5.41) is 0. The Kier molecular flexibility index (Phi) is 3.48. The first-order valence-corrected chi connectivity index (χ1v) is 6.41. The van der Waals surface area contributed by atoms with E-state index in [0.717, 1.165) is 11.8 Å². The molecule has 0 amide bonds. The third kappa shape index (κ3) is 2.98. The first-order valence-electron chi connectivity index (χ1n) is 6.41. The van der Waals surface area contributed by atoms with Gasteiger partial charge in [-0.25, -0.2) is 0 Å². The molecule has 2 aliphatic rings. The van der Waals surface area contributed by atoms with Crippen LogP contribution in [0.3, 0.4) is 0 Å². The molecular weight excluding hydrogens is 172 g/mol. The Labute approximate surface area is 88.2 Å². The number of rotatable bonds is 5. The molecule has 1 heterocycles. The number of ether oxygens (including phenoxy) is 1. The second-order valence-corrected chi connectivity index (χ2v) is 5.57. The van der Waals surface area contributed by atoms with Gasteiger partial charge in [-0.15, -0.1) is 0 Å². The van der Waals surface area contributed by atoms with E-state index in [1.807, 2.05) is 0 Å². The van der Waals surface area contributed by atoms with Crippen LogP contribution in [0.15, 0.2) is 0 Å². The molecule has 1 aliphatic heterocycles. The lowest BCUT2D eigenvalue weighted by Crippen LogP contribution is -2.13. The SMILES string of the molecule is CC(C)CCCCC1CCC2OC2C1. The van der Waals surface area contributed by atoms with Gasteiger partial charge in [-0.2, -0.15) is 0 Å². The zero-order chi connectivity index (χ0) is 9.97. The Balaban J connectivity index is 1.52. The van der Waals surface area contributed by atoms with Crippen LogP contribution < -0.4 is 0 Å². The second kappa shape index (κ2) is 4.65. The Bertz CT molecular complexity index is 176. The van der Waals surface area contributed by atoms with Crippen molar-refractivity contribution < 1.29 is 4.74 Å². The smallest absolute Gasteiger partial charge is 0.0844 e. The second-order valence-electron chi connectivity index (χ2n) is 5.57. The van der Waals surface area contributed by atoms with Gasteiger partial charge in [-0.05, 0) is 31.1 Å². The number of unbranched alkanes of at least 4 members (excludes halogenated alkanes) is 1. The Morgan fingerprint density at radius 1 is 1.14 bits per heavy atom. The quantitative estimate of drug-likeness (QED) is 0.481. The largest absolute Gasteiger partial charge is 0.370 e. The molecule has 0 N–H and O–H groups in total. The first-order chi connectivity index (χ1) is 6.75. The molecule has 2 fully saturated rings. The van der Waals surface area contributed by atoms with E-state index in [-0.39, 0.29) is 0 Å². The van der Waals surface area contributed by atoms with Crippen LogP contribution in [0, 0.1) is 11.8 Å². The van der Waals surface area contributed by atoms with E-state index in [1.165, 1.54) is 44.9 Å². The predicted octanol–water partition coefficient (Wildman–Crippen LogP) is 3.77. The summed E-state index contributed by atoms with van der Waals surface area (Å²) in [6.07, 6.45) is 11.3. The van der Waals surface area contributed by atoms with Crippen LogP contribution >= 0.6 is 0 Å². The van der Waals surface area contributed by atoms with Crippen molar-refractivity contribution in [2.45, 2.75) is 71.0 Å². The summed E-state index contributed by atoms with van der Waals surface area (Å²) in [6.45, 7) is 4.65. The zero-order valence-electron chi connectivity index (χ0n) is 9.67. The van der Waals surface area contributed by atoms with E-state index < -0.39 is 0 Å². The fraction of sp³-hybridized carbons (Fsp3) is 1.00. The van der Waals surface area contributed by atoms with Gasteiger partial charge in [0.05, 0.1) is 12.2 Å². The predicted molar refractivity (Wildman–Crippen MR) is 59.3 cm³/mol. The molecule has 2 rings (SSSR count). The van der Waals surface area contributed by atoms with Crippen molar-refractivity contribution in [1.29, 1.82) is 0 Å². The molecule has 1 aliphatic carbocycles. The van der Waals surface area contributed by atoms with Gasteiger partial charge in [-0.1, -0.05) is 39.5 Å². The van der Waals surface area contributed by atoms with Crippen molar-refractivity contribution in [3.8, 4) is 0 Å². The van der Waals surface area contributed by atoms with E-state index in [2.05, 4.69) is 13.8 Å². The van der Waals surface area contributed by atoms with Crippen molar-refractivity contribution >= 4 is 0 Å². The number of hydrogen-bond donors (Lipinski definition) is 0. The summed E-state index contributed by atoms with van der Waals surface area (Å²) in [6, 6.07) is 0. The van der Waals surface area contributed by atoms with Gasteiger partial charge in [0.2, 0.25) is 0 Å². The molecule has 3 atom stereocenters. The van der Waals surface area contributed by atoms with Gasteiger partial charge >= 0.3 is 0 Å². The molecule has 3 unspecified atom stereocenters. The van der Waals surface area contributed by atoms with E-state index in [0.29, 0.717) is 12.2 Å². The maximum atomic E-state index is 5.55. The number of fused-ring (bicyclic) bond motifs is 1. The summed E-state index contributed by atoms with van der Waals surface area (Å²) >= 11 is 0. The lowest BCUT2D eigenvalue weighted by molar-refractivity contribution is 0.341. The highest BCUT2D eigenvalue weighted by atomic mass is 16.6. The van der Waals surface area contributed by atoms with Crippen molar-refractivity contribution in [1.82, 2.24) is 0 Å².